The maximum Gasteiger partial charge on any atom is 0.337 e. The number of carboxylic acids is 1. The van der Waals surface area contributed by atoms with E-state index in [9.17, 15) is 9.90 Å². The Morgan fingerprint density at radius 3 is 2.50 bits per heavy atom. The third kappa shape index (κ3) is 4.57. The van der Waals surface area contributed by atoms with Gasteiger partial charge in [-0.1, -0.05) is 34.4 Å². The second kappa shape index (κ2) is 9.95. The molecule has 0 atom stereocenters. The van der Waals surface area contributed by atoms with Gasteiger partial charge < -0.3 is 19.1 Å². The van der Waals surface area contributed by atoms with Gasteiger partial charge in [-0.3, -0.25) is 4.90 Å². The zero-order valence-electron chi connectivity index (χ0n) is 21.5. The van der Waals surface area contributed by atoms with Gasteiger partial charge in [-0.2, -0.15) is 0 Å². The monoisotopic (exact) mass is 552 g/mol. The van der Waals surface area contributed by atoms with Crippen LogP contribution in [-0.2, 0) is 13.6 Å². The summed E-state index contributed by atoms with van der Waals surface area (Å²) in [5.74, 6) is 0.499. The van der Waals surface area contributed by atoms with Crippen LogP contribution in [0.2, 0.25) is 10.0 Å². The van der Waals surface area contributed by atoms with Crippen molar-refractivity contribution in [1.82, 2.24) is 14.6 Å². The molecule has 198 valence electrons. The predicted molar refractivity (Wildman–Crippen MR) is 151 cm³/mol. The van der Waals surface area contributed by atoms with Crippen molar-refractivity contribution in [2.45, 2.75) is 44.2 Å². The molecular weight excluding hydrogens is 523 g/mol. The van der Waals surface area contributed by atoms with Crippen LogP contribution in [0.25, 0.3) is 22.2 Å². The molecule has 2 fully saturated rings. The Morgan fingerprint density at radius 1 is 1.13 bits per heavy atom. The number of hydrogen-bond donors (Lipinski definition) is 1. The van der Waals surface area contributed by atoms with Crippen molar-refractivity contribution in [1.29, 1.82) is 0 Å². The Bertz CT molecular complexity index is 1500. The molecule has 4 aromatic rings. The molecule has 1 aliphatic carbocycles. The molecule has 3 heterocycles. The molecule has 1 saturated heterocycles. The molecule has 0 bridgehead atoms. The van der Waals surface area contributed by atoms with Gasteiger partial charge >= 0.3 is 5.97 Å². The van der Waals surface area contributed by atoms with Crippen molar-refractivity contribution < 1.29 is 14.4 Å². The maximum atomic E-state index is 11.6. The number of nitrogens with zero attached hydrogens (tertiary/aromatic N) is 4. The summed E-state index contributed by atoms with van der Waals surface area (Å²) < 4.78 is 7.76. The molecule has 2 aliphatic rings. The fraction of sp³-hybridized carbons (Fsp3) is 0.379. The molecule has 0 unspecified atom stereocenters. The highest BCUT2D eigenvalue weighted by molar-refractivity contribution is 6.39. The normalized spacial score (nSPS) is 16.6. The zero-order chi connectivity index (χ0) is 26.6. The van der Waals surface area contributed by atoms with Gasteiger partial charge in [0.05, 0.1) is 21.1 Å². The third-order valence-corrected chi connectivity index (χ3v) is 8.66. The number of rotatable bonds is 7. The van der Waals surface area contributed by atoms with E-state index in [0.29, 0.717) is 27.6 Å². The number of carbonyl (C=O) groups is 1. The highest BCUT2D eigenvalue weighted by Crippen LogP contribution is 2.46. The van der Waals surface area contributed by atoms with Crippen molar-refractivity contribution >= 4 is 45.8 Å². The number of anilines is 1. The fourth-order valence-electron chi connectivity index (χ4n) is 5.74. The summed E-state index contributed by atoms with van der Waals surface area (Å²) in [6, 6.07) is 12.0. The molecule has 1 aliphatic heterocycles. The Kier molecular flexibility index (Phi) is 6.62. The van der Waals surface area contributed by atoms with Crippen molar-refractivity contribution in [2.24, 2.45) is 7.05 Å². The Morgan fingerprint density at radius 2 is 1.84 bits per heavy atom. The summed E-state index contributed by atoms with van der Waals surface area (Å²) in [5, 5.41) is 15.9. The number of aromatic carboxylic acids is 1. The number of hydrogen-bond acceptors (Lipinski definition) is 5. The third-order valence-electron chi connectivity index (χ3n) is 8.03. The minimum atomic E-state index is -0.898. The molecule has 38 heavy (non-hydrogen) atoms. The molecule has 0 amide bonds. The van der Waals surface area contributed by atoms with Crippen molar-refractivity contribution in [3.8, 4) is 11.3 Å². The average molecular weight is 553 g/mol. The van der Waals surface area contributed by atoms with Gasteiger partial charge in [0.1, 0.15) is 11.5 Å². The average Bonchev–Trinajstić information content (AvgIpc) is 3.59. The first kappa shape index (κ1) is 25.3. The number of piperidine rings is 1. The van der Waals surface area contributed by atoms with Gasteiger partial charge in [-0.25, -0.2) is 4.79 Å². The first-order valence-corrected chi connectivity index (χ1v) is 13.8. The number of aromatic nitrogens is 2. The van der Waals surface area contributed by atoms with Crippen LogP contribution in [0.3, 0.4) is 0 Å². The number of benzene rings is 2. The van der Waals surface area contributed by atoms with Crippen LogP contribution < -0.4 is 4.90 Å². The topological polar surface area (TPSA) is 74.7 Å². The Labute approximate surface area is 231 Å². The minimum absolute atomic E-state index is 0.339. The fourth-order valence-corrected chi connectivity index (χ4v) is 6.32. The van der Waals surface area contributed by atoms with Crippen LogP contribution in [0.15, 0.2) is 47.1 Å². The summed E-state index contributed by atoms with van der Waals surface area (Å²) in [4.78, 5) is 16.4. The van der Waals surface area contributed by atoms with Gasteiger partial charge in [0.2, 0.25) is 0 Å². The molecule has 6 rings (SSSR count). The van der Waals surface area contributed by atoms with Crippen LogP contribution in [0.5, 0.6) is 0 Å². The summed E-state index contributed by atoms with van der Waals surface area (Å²) in [5.41, 5.74) is 4.99. The highest BCUT2D eigenvalue weighted by Gasteiger charge is 2.35. The first-order valence-electron chi connectivity index (χ1n) is 13.0. The number of aryl methyl sites for hydroxylation is 1. The summed E-state index contributed by atoms with van der Waals surface area (Å²) in [6.07, 6.45) is 5.98. The lowest BCUT2D eigenvalue weighted by Gasteiger charge is -2.38. The summed E-state index contributed by atoms with van der Waals surface area (Å²) in [7, 11) is 4.07. The van der Waals surface area contributed by atoms with Crippen molar-refractivity contribution in [3.05, 3.63) is 69.5 Å². The molecule has 0 radical (unpaired) electrons. The van der Waals surface area contributed by atoms with Crippen LogP contribution in [0.4, 0.5) is 5.69 Å². The Hall–Kier alpha value is -3.00. The molecular formula is C29H30Cl2N4O3. The van der Waals surface area contributed by atoms with Gasteiger partial charge in [0.25, 0.3) is 0 Å². The number of carboxylic acid groups (broad SMARTS) is 1. The molecule has 7 nitrogen and oxygen atoms in total. The summed E-state index contributed by atoms with van der Waals surface area (Å²) in [6.45, 7) is 2.59. The van der Waals surface area contributed by atoms with Gasteiger partial charge in [0, 0.05) is 67.0 Å². The van der Waals surface area contributed by atoms with E-state index in [0.717, 1.165) is 84.5 Å². The molecule has 1 N–H and O–H groups in total. The second-order valence-corrected chi connectivity index (χ2v) is 11.4. The van der Waals surface area contributed by atoms with Crippen LogP contribution in [0, 0.1) is 0 Å². The van der Waals surface area contributed by atoms with Gasteiger partial charge in [-0.05, 0) is 63.1 Å². The first-order chi connectivity index (χ1) is 18.3. The molecule has 2 aromatic heterocycles. The van der Waals surface area contributed by atoms with Crippen LogP contribution >= 0.6 is 23.2 Å². The maximum absolute atomic E-state index is 11.6. The van der Waals surface area contributed by atoms with E-state index in [1.807, 2.05) is 41.9 Å². The lowest BCUT2D eigenvalue weighted by Crippen LogP contribution is -2.43. The van der Waals surface area contributed by atoms with E-state index in [-0.39, 0.29) is 0 Å². The van der Waals surface area contributed by atoms with Gasteiger partial charge in [-0.15, -0.1) is 0 Å². The van der Waals surface area contributed by atoms with Crippen molar-refractivity contribution in [3.63, 3.8) is 0 Å². The van der Waals surface area contributed by atoms with E-state index < -0.39 is 5.97 Å². The largest absolute Gasteiger partial charge is 0.478 e. The molecule has 1 saturated carbocycles. The SMILES string of the molecule is CN(Cc1c(-c2c(Cl)cccc2Cl)noc1C1CC1)C1CCN(c2ccc3c(C(=O)O)cn(C)c3c2)CC1. The molecule has 9 heteroatoms. The molecule has 2 aromatic carbocycles. The van der Waals surface area contributed by atoms with Crippen LogP contribution in [-0.4, -0.2) is 51.9 Å². The van der Waals surface area contributed by atoms with E-state index in [1.165, 1.54) is 0 Å². The number of halogens is 2. The lowest BCUT2D eigenvalue weighted by molar-refractivity contribution is 0.0699. The van der Waals surface area contributed by atoms with E-state index in [1.54, 1.807) is 6.20 Å². The van der Waals surface area contributed by atoms with Crippen LogP contribution in [0.1, 0.15) is 53.3 Å². The van der Waals surface area contributed by atoms with Gasteiger partial charge in [0.15, 0.2) is 0 Å². The minimum Gasteiger partial charge on any atom is -0.478 e. The quantitative estimate of drug-likeness (QED) is 0.271. The lowest BCUT2D eigenvalue weighted by atomic mass is 9.99. The zero-order valence-corrected chi connectivity index (χ0v) is 23.0. The smallest absolute Gasteiger partial charge is 0.337 e. The van der Waals surface area contributed by atoms with E-state index in [4.69, 9.17) is 27.7 Å². The highest BCUT2D eigenvalue weighted by atomic mass is 35.5. The number of fused-ring (bicyclic) bond motifs is 1. The summed E-state index contributed by atoms with van der Waals surface area (Å²) >= 11 is 13.1. The van der Waals surface area contributed by atoms with Crippen molar-refractivity contribution in [2.75, 3.05) is 25.0 Å². The molecule has 0 spiro atoms. The van der Waals surface area contributed by atoms with E-state index in [2.05, 4.69) is 28.1 Å². The second-order valence-electron chi connectivity index (χ2n) is 10.5. The predicted octanol–water partition coefficient (Wildman–Crippen LogP) is 6.82. The standard InChI is InChI=1S/C29H30Cl2N4O3/c1-33(16-22-27(32-38-28(22)17-6-7-17)26-23(30)4-3-5-24(26)31)18-10-12-35(13-11-18)19-8-9-20-21(29(36)37)15-34(2)25(20)14-19/h3-5,8-9,14-15,17-18H,6-7,10-13,16H2,1-2H3,(H,36,37). The Balaban J connectivity index is 1.18. The van der Waals surface area contributed by atoms with E-state index >= 15 is 0 Å².